The van der Waals surface area contributed by atoms with Crippen molar-refractivity contribution in [3.05, 3.63) is 0 Å². The largest absolute Gasteiger partial charge is 0.372 e. The molecule has 2 aliphatic heterocycles. The number of nitrogens with zero attached hydrogens (tertiary/aromatic N) is 1. The van der Waals surface area contributed by atoms with Gasteiger partial charge in [-0.3, -0.25) is 4.79 Å². The molecular weight excluding hydrogens is 216 g/mol. The molecule has 0 bridgehead atoms. The molecule has 17 heavy (non-hydrogen) atoms. The van der Waals surface area contributed by atoms with E-state index in [-0.39, 0.29) is 5.41 Å². The van der Waals surface area contributed by atoms with E-state index in [0.717, 1.165) is 51.9 Å². The SMILES string of the molecule is CC1(C(=O)N2CCC(OC3CNC3)CC2)CC1. The Kier molecular flexibility index (Phi) is 2.87. The molecular formula is C13H22N2O2. The van der Waals surface area contributed by atoms with Gasteiger partial charge in [-0.2, -0.15) is 0 Å². The number of carbonyl (C=O) groups excluding carboxylic acids is 1. The minimum Gasteiger partial charge on any atom is -0.372 e. The van der Waals surface area contributed by atoms with E-state index in [9.17, 15) is 4.79 Å². The summed E-state index contributed by atoms with van der Waals surface area (Å²) in [5, 5.41) is 3.22. The zero-order valence-corrected chi connectivity index (χ0v) is 10.6. The van der Waals surface area contributed by atoms with Gasteiger partial charge in [0.05, 0.1) is 12.2 Å². The first-order valence-corrected chi connectivity index (χ1v) is 6.83. The molecule has 0 aromatic carbocycles. The maximum Gasteiger partial charge on any atom is 0.228 e. The highest BCUT2D eigenvalue weighted by atomic mass is 16.5. The van der Waals surface area contributed by atoms with Gasteiger partial charge in [-0.05, 0) is 25.7 Å². The van der Waals surface area contributed by atoms with Crippen LogP contribution in [-0.4, -0.2) is 49.2 Å². The maximum atomic E-state index is 12.2. The monoisotopic (exact) mass is 238 g/mol. The Labute approximate surface area is 103 Å². The van der Waals surface area contributed by atoms with Gasteiger partial charge >= 0.3 is 0 Å². The van der Waals surface area contributed by atoms with E-state index >= 15 is 0 Å². The molecule has 1 amide bonds. The Morgan fingerprint density at radius 2 is 1.88 bits per heavy atom. The Bertz CT molecular complexity index is 303. The molecule has 2 saturated heterocycles. The fraction of sp³-hybridized carbons (Fsp3) is 0.923. The first kappa shape index (κ1) is 11.5. The highest BCUT2D eigenvalue weighted by Crippen LogP contribution is 2.46. The number of nitrogens with one attached hydrogen (secondary N) is 1. The number of piperidine rings is 1. The number of hydrogen-bond donors (Lipinski definition) is 1. The number of carbonyl (C=O) groups is 1. The van der Waals surface area contributed by atoms with Crippen LogP contribution in [0.2, 0.25) is 0 Å². The van der Waals surface area contributed by atoms with Crippen LogP contribution >= 0.6 is 0 Å². The highest BCUT2D eigenvalue weighted by molar-refractivity contribution is 5.84. The average Bonchev–Trinajstić information content (AvgIpc) is 3.03. The average molecular weight is 238 g/mol. The van der Waals surface area contributed by atoms with Crippen molar-refractivity contribution >= 4 is 5.91 Å². The van der Waals surface area contributed by atoms with Crippen molar-refractivity contribution in [3.63, 3.8) is 0 Å². The summed E-state index contributed by atoms with van der Waals surface area (Å²) in [6.07, 6.45) is 4.98. The molecule has 0 radical (unpaired) electrons. The summed E-state index contributed by atoms with van der Waals surface area (Å²) >= 11 is 0. The molecule has 3 rings (SSSR count). The molecule has 3 fully saturated rings. The van der Waals surface area contributed by atoms with Gasteiger partial charge in [-0.15, -0.1) is 0 Å². The van der Waals surface area contributed by atoms with Crippen LogP contribution in [0.3, 0.4) is 0 Å². The molecule has 1 N–H and O–H groups in total. The van der Waals surface area contributed by atoms with Crippen LogP contribution in [0.25, 0.3) is 0 Å². The fourth-order valence-corrected chi connectivity index (χ4v) is 2.61. The van der Waals surface area contributed by atoms with E-state index in [2.05, 4.69) is 12.2 Å². The molecule has 96 valence electrons. The van der Waals surface area contributed by atoms with Crippen molar-refractivity contribution in [1.82, 2.24) is 10.2 Å². The second-order valence-corrected chi connectivity index (χ2v) is 5.97. The summed E-state index contributed by atoms with van der Waals surface area (Å²) in [7, 11) is 0. The van der Waals surface area contributed by atoms with Crippen LogP contribution in [-0.2, 0) is 9.53 Å². The predicted molar refractivity (Wildman–Crippen MR) is 64.7 cm³/mol. The van der Waals surface area contributed by atoms with Gasteiger partial charge in [0.1, 0.15) is 0 Å². The van der Waals surface area contributed by atoms with E-state index in [1.165, 1.54) is 0 Å². The smallest absolute Gasteiger partial charge is 0.228 e. The third kappa shape index (κ3) is 2.33. The van der Waals surface area contributed by atoms with E-state index in [0.29, 0.717) is 18.1 Å². The molecule has 0 aromatic heterocycles. The first-order chi connectivity index (χ1) is 8.17. The van der Waals surface area contributed by atoms with E-state index in [4.69, 9.17) is 4.74 Å². The van der Waals surface area contributed by atoms with Crippen molar-refractivity contribution in [1.29, 1.82) is 0 Å². The van der Waals surface area contributed by atoms with Gasteiger partial charge in [-0.25, -0.2) is 0 Å². The highest BCUT2D eigenvalue weighted by Gasteiger charge is 2.47. The zero-order chi connectivity index (χ0) is 11.9. The second-order valence-electron chi connectivity index (χ2n) is 5.97. The quantitative estimate of drug-likeness (QED) is 0.789. The number of ether oxygens (including phenoxy) is 1. The van der Waals surface area contributed by atoms with Gasteiger partial charge in [0.25, 0.3) is 0 Å². The lowest BCUT2D eigenvalue weighted by atomic mass is 10.0. The normalized spacial score (nSPS) is 28.9. The molecule has 0 aromatic rings. The van der Waals surface area contributed by atoms with Gasteiger partial charge < -0.3 is 15.0 Å². The van der Waals surface area contributed by atoms with Gasteiger partial charge in [-0.1, -0.05) is 6.92 Å². The molecule has 4 nitrogen and oxygen atoms in total. The van der Waals surface area contributed by atoms with E-state index < -0.39 is 0 Å². The molecule has 0 atom stereocenters. The van der Waals surface area contributed by atoms with Crippen LogP contribution in [0.15, 0.2) is 0 Å². The van der Waals surface area contributed by atoms with Crippen molar-refractivity contribution in [3.8, 4) is 0 Å². The molecule has 3 aliphatic rings. The van der Waals surface area contributed by atoms with Crippen LogP contribution in [0, 0.1) is 5.41 Å². The lowest BCUT2D eigenvalue weighted by Crippen LogP contribution is -2.52. The molecule has 0 spiro atoms. The minimum absolute atomic E-state index is 0.00835. The molecule has 4 heteroatoms. The second kappa shape index (κ2) is 4.25. The summed E-state index contributed by atoms with van der Waals surface area (Å²) in [4.78, 5) is 14.2. The summed E-state index contributed by atoms with van der Waals surface area (Å²) < 4.78 is 5.96. The summed E-state index contributed by atoms with van der Waals surface area (Å²) in [5.74, 6) is 0.376. The van der Waals surface area contributed by atoms with Crippen molar-refractivity contribution in [2.24, 2.45) is 5.41 Å². The zero-order valence-electron chi connectivity index (χ0n) is 10.6. The Balaban J connectivity index is 1.45. The molecule has 2 heterocycles. The van der Waals surface area contributed by atoms with Crippen molar-refractivity contribution < 1.29 is 9.53 Å². The lowest BCUT2D eigenvalue weighted by Gasteiger charge is -2.37. The number of amides is 1. The van der Waals surface area contributed by atoms with Crippen LogP contribution in [0.4, 0.5) is 0 Å². The summed E-state index contributed by atoms with van der Waals surface area (Å²) in [6, 6.07) is 0. The number of hydrogen-bond acceptors (Lipinski definition) is 3. The Hall–Kier alpha value is -0.610. The third-order valence-corrected chi connectivity index (χ3v) is 4.37. The Morgan fingerprint density at radius 1 is 1.24 bits per heavy atom. The third-order valence-electron chi connectivity index (χ3n) is 4.37. The van der Waals surface area contributed by atoms with E-state index in [1.54, 1.807) is 0 Å². The number of likely N-dealkylation sites (tertiary alicyclic amines) is 1. The number of rotatable bonds is 3. The van der Waals surface area contributed by atoms with Gasteiger partial charge in [0, 0.05) is 31.6 Å². The maximum absolute atomic E-state index is 12.2. The summed E-state index contributed by atoms with van der Waals surface area (Å²) in [6.45, 7) is 5.87. The fourth-order valence-electron chi connectivity index (χ4n) is 2.61. The molecule has 0 unspecified atom stereocenters. The molecule has 1 aliphatic carbocycles. The lowest BCUT2D eigenvalue weighted by molar-refractivity contribution is -0.140. The van der Waals surface area contributed by atoms with E-state index in [1.807, 2.05) is 4.90 Å². The van der Waals surface area contributed by atoms with Crippen molar-refractivity contribution in [2.75, 3.05) is 26.2 Å². The van der Waals surface area contributed by atoms with Crippen LogP contribution < -0.4 is 5.32 Å². The van der Waals surface area contributed by atoms with Crippen LogP contribution in [0.5, 0.6) is 0 Å². The minimum atomic E-state index is -0.00835. The Morgan fingerprint density at radius 3 is 2.35 bits per heavy atom. The first-order valence-electron chi connectivity index (χ1n) is 6.83. The van der Waals surface area contributed by atoms with Crippen LogP contribution in [0.1, 0.15) is 32.6 Å². The predicted octanol–water partition coefficient (Wildman–Crippen LogP) is 0.766. The van der Waals surface area contributed by atoms with Gasteiger partial charge in [0.2, 0.25) is 5.91 Å². The molecule has 1 saturated carbocycles. The van der Waals surface area contributed by atoms with Gasteiger partial charge in [0.15, 0.2) is 0 Å². The standard InChI is InChI=1S/C13H22N2O2/c1-13(4-5-13)12(16)15-6-2-10(3-7-15)17-11-8-14-9-11/h10-11,14H,2-9H2,1H3. The topological polar surface area (TPSA) is 41.6 Å². The summed E-state index contributed by atoms with van der Waals surface area (Å²) in [5.41, 5.74) is -0.00835. The van der Waals surface area contributed by atoms with Crippen molar-refractivity contribution in [2.45, 2.75) is 44.8 Å².